The van der Waals surface area contributed by atoms with Crippen molar-refractivity contribution in [3.63, 3.8) is 0 Å². The molecule has 0 N–H and O–H groups in total. The number of nitrogens with zero attached hydrogens (tertiary/aromatic N) is 1. The zero-order valence-electron chi connectivity index (χ0n) is 12.3. The van der Waals surface area contributed by atoms with E-state index in [4.69, 9.17) is 0 Å². The molecule has 2 nitrogen and oxygen atoms in total. The molecule has 1 aliphatic rings. The first-order valence-electron chi connectivity index (χ1n) is 7.71. The zero-order chi connectivity index (χ0) is 14.5. The quantitative estimate of drug-likeness (QED) is 0.851. The molecule has 0 atom stereocenters. The van der Waals surface area contributed by atoms with Gasteiger partial charge in [0.05, 0.1) is 6.54 Å². The number of hydrogen-bond acceptors (Lipinski definition) is 2. The fourth-order valence-corrected chi connectivity index (χ4v) is 3.03. The highest BCUT2D eigenvalue weighted by molar-refractivity contribution is 5.85. The largest absolute Gasteiger partial charge is 0.364 e. The number of aryl methyl sites for hydroxylation is 1. The van der Waals surface area contributed by atoms with Crippen LogP contribution in [0.2, 0.25) is 0 Å². The lowest BCUT2D eigenvalue weighted by Gasteiger charge is -2.24. The summed E-state index contributed by atoms with van der Waals surface area (Å²) in [5.74, 6) is 0.290. The fraction of sp³-hybridized carbons (Fsp3) is 0.316. The summed E-state index contributed by atoms with van der Waals surface area (Å²) in [7, 11) is 0. The van der Waals surface area contributed by atoms with E-state index in [0.717, 1.165) is 24.9 Å². The van der Waals surface area contributed by atoms with Gasteiger partial charge in [-0.15, -0.1) is 0 Å². The van der Waals surface area contributed by atoms with E-state index >= 15 is 0 Å². The summed E-state index contributed by atoms with van der Waals surface area (Å²) in [5.41, 5.74) is 3.73. The van der Waals surface area contributed by atoms with Crippen LogP contribution < -0.4 is 4.90 Å². The molecule has 0 amide bonds. The molecule has 0 aliphatic carbocycles. The average Bonchev–Trinajstić information content (AvgIpc) is 2.71. The minimum atomic E-state index is 0.290. The minimum absolute atomic E-state index is 0.290. The van der Waals surface area contributed by atoms with Gasteiger partial charge >= 0.3 is 0 Å². The van der Waals surface area contributed by atoms with E-state index in [1.54, 1.807) is 0 Å². The first kappa shape index (κ1) is 13.9. The number of Topliss-reactive ketones (excluding diaryl/α,β-unsaturated/α-hetero) is 1. The second kappa shape index (κ2) is 6.57. The highest BCUT2D eigenvalue weighted by atomic mass is 16.1. The smallest absolute Gasteiger partial charge is 0.156 e. The summed E-state index contributed by atoms with van der Waals surface area (Å²) in [5, 5.41) is 0. The molecule has 0 bridgehead atoms. The number of benzene rings is 2. The third kappa shape index (κ3) is 3.52. The first-order valence-corrected chi connectivity index (χ1v) is 7.71. The predicted octanol–water partition coefficient (Wildman–Crippen LogP) is 3.64. The third-order valence-corrected chi connectivity index (χ3v) is 4.07. The Bertz CT molecular complexity index is 606. The number of ketones is 1. The highest BCUT2D eigenvalue weighted by Gasteiger charge is 2.17. The highest BCUT2D eigenvalue weighted by Crippen LogP contribution is 2.25. The Labute approximate surface area is 126 Å². The molecular formula is C19H21NO. The maximum absolute atomic E-state index is 12.4. The Morgan fingerprint density at radius 1 is 0.952 bits per heavy atom. The van der Waals surface area contributed by atoms with Crippen LogP contribution in [0.3, 0.4) is 0 Å². The molecule has 3 rings (SSSR count). The summed E-state index contributed by atoms with van der Waals surface area (Å²) < 4.78 is 0. The van der Waals surface area contributed by atoms with Crippen molar-refractivity contribution in [1.29, 1.82) is 0 Å². The van der Waals surface area contributed by atoms with Gasteiger partial charge in [-0.05, 0) is 36.5 Å². The van der Waals surface area contributed by atoms with E-state index in [1.165, 1.54) is 17.7 Å². The monoisotopic (exact) mass is 279 g/mol. The van der Waals surface area contributed by atoms with E-state index in [2.05, 4.69) is 29.2 Å². The van der Waals surface area contributed by atoms with Crippen molar-refractivity contribution in [1.82, 2.24) is 0 Å². The predicted molar refractivity (Wildman–Crippen MR) is 86.7 cm³/mol. The molecular weight excluding hydrogens is 258 g/mol. The SMILES string of the molecule is O=C(Cc1ccccc1)CN1CCCCc2ccccc21. The van der Waals surface area contributed by atoms with Crippen LogP contribution in [0.5, 0.6) is 0 Å². The molecule has 0 fully saturated rings. The third-order valence-electron chi connectivity index (χ3n) is 4.07. The van der Waals surface area contributed by atoms with Crippen LogP contribution in [-0.2, 0) is 17.6 Å². The van der Waals surface area contributed by atoms with E-state index in [1.807, 2.05) is 30.3 Å². The van der Waals surface area contributed by atoms with Crippen molar-refractivity contribution in [2.45, 2.75) is 25.7 Å². The summed E-state index contributed by atoms with van der Waals surface area (Å²) >= 11 is 0. The summed E-state index contributed by atoms with van der Waals surface area (Å²) in [6.45, 7) is 1.50. The normalized spacial score (nSPS) is 14.4. The maximum atomic E-state index is 12.4. The van der Waals surface area contributed by atoms with Crippen LogP contribution in [0.15, 0.2) is 54.6 Å². The molecule has 0 radical (unpaired) electrons. The molecule has 0 saturated heterocycles. The van der Waals surface area contributed by atoms with Crippen molar-refractivity contribution in [2.24, 2.45) is 0 Å². The van der Waals surface area contributed by atoms with Crippen molar-refractivity contribution >= 4 is 11.5 Å². The molecule has 1 heterocycles. The van der Waals surface area contributed by atoms with Crippen LogP contribution >= 0.6 is 0 Å². The molecule has 0 unspecified atom stereocenters. The Balaban J connectivity index is 1.71. The Kier molecular flexibility index (Phi) is 4.34. The topological polar surface area (TPSA) is 20.3 Å². The summed E-state index contributed by atoms with van der Waals surface area (Å²) in [4.78, 5) is 14.6. The van der Waals surface area contributed by atoms with Gasteiger partial charge in [-0.3, -0.25) is 4.79 Å². The average molecular weight is 279 g/mol. The molecule has 108 valence electrons. The first-order chi connectivity index (χ1) is 10.3. The van der Waals surface area contributed by atoms with Gasteiger partial charge in [-0.1, -0.05) is 48.5 Å². The van der Waals surface area contributed by atoms with E-state index in [-0.39, 0.29) is 5.78 Å². The Morgan fingerprint density at radius 2 is 1.71 bits per heavy atom. The number of fused-ring (bicyclic) bond motifs is 1. The van der Waals surface area contributed by atoms with Gasteiger partial charge in [-0.2, -0.15) is 0 Å². The van der Waals surface area contributed by atoms with Crippen LogP contribution in [0.25, 0.3) is 0 Å². The van der Waals surface area contributed by atoms with Crippen molar-refractivity contribution < 1.29 is 4.79 Å². The standard InChI is InChI=1S/C19H21NO/c21-18(14-16-8-2-1-3-9-16)15-20-13-7-6-11-17-10-4-5-12-19(17)20/h1-5,8-10,12H,6-7,11,13-15H2. The van der Waals surface area contributed by atoms with Gasteiger partial charge in [-0.25, -0.2) is 0 Å². The lowest BCUT2D eigenvalue weighted by Crippen LogP contribution is -2.31. The van der Waals surface area contributed by atoms with Gasteiger partial charge in [0.2, 0.25) is 0 Å². The summed E-state index contributed by atoms with van der Waals surface area (Å²) in [6, 6.07) is 18.5. The summed E-state index contributed by atoms with van der Waals surface area (Å²) in [6.07, 6.45) is 4.02. The van der Waals surface area contributed by atoms with Gasteiger partial charge in [0.1, 0.15) is 0 Å². The van der Waals surface area contributed by atoms with E-state index in [0.29, 0.717) is 13.0 Å². The number of para-hydroxylation sites is 1. The maximum Gasteiger partial charge on any atom is 0.156 e. The Hall–Kier alpha value is -2.09. The fourth-order valence-electron chi connectivity index (χ4n) is 3.03. The van der Waals surface area contributed by atoms with Gasteiger partial charge in [0.25, 0.3) is 0 Å². The second-order valence-electron chi connectivity index (χ2n) is 5.71. The number of carbonyl (C=O) groups excluding carboxylic acids is 1. The van der Waals surface area contributed by atoms with Gasteiger partial charge in [0, 0.05) is 18.7 Å². The van der Waals surface area contributed by atoms with Gasteiger partial charge < -0.3 is 4.90 Å². The number of rotatable bonds is 4. The molecule has 0 saturated carbocycles. The zero-order valence-corrected chi connectivity index (χ0v) is 12.3. The number of carbonyl (C=O) groups is 1. The van der Waals surface area contributed by atoms with Crippen LogP contribution in [0, 0.1) is 0 Å². The van der Waals surface area contributed by atoms with Gasteiger partial charge in [0.15, 0.2) is 5.78 Å². The minimum Gasteiger partial charge on any atom is -0.364 e. The molecule has 2 aromatic carbocycles. The van der Waals surface area contributed by atoms with Crippen molar-refractivity contribution in [3.8, 4) is 0 Å². The van der Waals surface area contributed by atoms with Crippen molar-refractivity contribution in [3.05, 3.63) is 65.7 Å². The molecule has 2 aromatic rings. The Morgan fingerprint density at radius 3 is 2.57 bits per heavy atom. The lowest BCUT2D eigenvalue weighted by molar-refractivity contribution is -0.117. The molecule has 0 spiro atoms. The van der Waals surface area contributed by atoms with Crippen LogP contribution in [-0.4, -0.2) is 18.9 Å². The molecule has 1 aliphatic heterocycles. The number of anilines is 1. The van der Waals surface area contributed by atoms with Crippen molar-refractivity contribution in [2.75, 3.05) is 18.0 Å². The molecule has 0 aromatic heterocycles. The molecule has 2 heteroatoms. The molecule has 21 heavy (non-hydrogen) atoms. The number of hydrogen-bond donors (Lipinski definition) is 0. The lowest BCUT2D eigenvalue weighted by atomic mass is 10.1. The van der Waals surface area contributed by atoms with E-state index < -0.39 is 0 Å². The van der Waals surface area contributed by atoms with E-state index in [9.17, 15) is 4.79 Å². The van der Waals surface area contributed by atoms with Crippen LogP contribution in [0.1, 0.15) is 24.0 Å². The second-order valence-corrected chi connectivity index (χ2v) is 5.71. The van der Waals surface area contributed by atoms with Crippen LogP contribution in [0.4, 0.5) is 5.69 Å².